The molecule has 2 nitrogen and oxygen atoms in total. The minimum atomic E-state index is 0.594. The van der Waals surface area contributed by atoms with Gasteiger partial charge in [0, 0.05) is 10.0 Å². The Bertz CT molecular complexity index is 690. The maximum atomic E-state index is 5.88. The van der Waals surface area contributed by atoms with Gasteiger partial charge in [-0.25, -0.2) is 4.98 Å². The normalized spacial score (nSPS) is 10.6. The summed E-state index contributed by atoms with van der Waals surface area (Å²) in [6.07, 6.45) is 0. The predicted molar refractivity (Wildman–Crippen MR) is 85.1 cm³/mol. The van der Waals surface area contributed by atoms with Crippen molar-refractivity contribution in [1.82, 2.24) is 4.98 Å². The molecule has 0 saturated heterocycles. The van der Waals surface area contributed by atoms with Gasteiger partial charge in [-0.15, -0.1) is 0 Å². The molecule has 2 N–H and O–H groups in total. The van der Waals surface area contributed by atoms with E-state index in [-0.39, 0.29) is 0 Å². The van der Waals surface area contributed by atoms with Gasteiger partial charge in [-0.3, -0.25) is 0 Å². The second-order valence-electron chi connectivity index (χ2n) is 4.10. The molecule has 0 unspecified atom stereocenters. The molecule has 2 aromatic carbocycles. The van der Waals surface area contributed by atoms with Crippen molar-refractivity contribution < 1.29 is 0 Å². The number of nitrogens with zero attached hydrogens (tertiary/aromatic N) is 1. The van der Waals surface area contributed by atoms with Crippen molar-refractivity contribution in [2.45, 2.75) is 0 Å². The molecule has 4 heteroatoms. The summed E-state index contributed by atoms with van der Waals surface area (Å²) in [5.41, 5.74) is 9.05. The number of nitrogen functional groups attached to an aromatic ring is 1. The first-order valence-electron chi connectivity index (χ1n) is 5.82. The van der Waals surface area contributed by atoms with Crippen LogP contribution in [0.25, 0.3) is 21.7 Å². The van der Waals surface area contributed by atoms with Crippen molar-refractivity contribution in [1.29, 1.82) is 0 Å². The van der Waals surface area contributed by atoms with E-state index in [0.717, 1.165) is 26.2 Å². The molecule has 0 atom stereocenters. The monoisotopic (exact) mass is 330 g/mol. The van der Waals surface area contributed by atoms with Crippen molar-refractivity contribution in [2.75, 3.05) is 5.73 Å². The molecule has 0 aliphatic carbocycles. The Morgan fingerprint density at radius 2 is 1.58 bits per heavy atom. The van der Waals surface area contributed by atoms with E-state index >= 15 is 0 Å². The molecule has 3 rings (SSSR count). The van der Waals surface area contributed by atoms with E-state index in [1.807, 2.05) is 42.5 Å². The van der Waals surface area contributed by atoms with E-state index in [1.165, 1.54) is 11.3 Å². The Kier molecular flexibility index (Phi) is 3.36. The number of hydrogen-bond donors (Lipinski definition) is 1. The average molecular weight is 331 g/mol. The Hall–Kier alpha value is -1.65. The van der Waals surface area contributed by atoms with Gasteiger partial charge < -0.3 is 5.73 Å². The third-order valence-corrected chi connectivity index (χ3v) is 4.26. The summed E-state index contributed by atoms with van der Waals surface area (Å²) in [6, 6.07) is 18.3. The lowest BCUT2D eigenvalue weighted by molar-refractivity contribution is 1.41. The first-order valence-corrected chi connectivity index (χ1v) is 7.42. The molecule has 0 saturated carbocycles. The fourth-order valence-electron chi connectivity index (χ4n) is 1.93. The predicted octanol–water partition coefficient (Wildman–Crippen LogP) is 4.82. The average Bonchev–Trinajstić information content (AvgIpc) is 2.83. The lowest BCUT2D eigenvalue weighted by Crippen LogP contribution is -1.84. The number of halogens is 1. The second kappa shape index (κ2) is 5.15. The Morgan fingerprint density at radius 3 is 2.26 bits per heavy atom. The Morgan fingerprint density at radius 1 is 0.895 bits per heavy atom. The summed E-state index contributed by atoms with van der Waals surface area (Å²) in [5, 5.41) is 0.594. The summed E-state index contributed by atoms with van der Waals surface area (Å²) in [5.74, 6) is 0. The molecule has 0 bridgehead atoms. The minimum Gasteiger partial charge on any atom is -0.375 e. The molecular weight excluding hydrogens is 320 g/mol. The summed E-state index contributed by atoms with van der Waals surface area (Å²) in [6.45, 7) is 0. The zero-order chi connectivity index (χ0) is 13.2. The number of thiazole rings is 1. The fourth-order valence-corrected chi connectivity index (χ4v) is 3.05. The second-order valence-corrected chi connectivity index (χ2v) is 6.05. The first-order chi connectivity index (χ1) is 9.24. The van der Waals surface area contributed by atoms with Crippen LogP contribution in [0.3, 0.4) is 0 Å². The third-order valence-electron chi connectivity index (χ3n) is 2.80. The molecule has 1 aromatic heterocycles. The molecule has 0 aliphatic rings. The fraction of sp³-hybridized carbons (Fsp3) is 0. The highest BCUT2D eigenvalue weighted by Crippen LogP contribution is 2.37. The lowest BCUT2D eigenvalue weighted by atomic mass is 10.1. The third kappa shape index (κ3) is 2.55. The number of anilines is 1. The molecule has 0 spiro atoms. The van der Waals surface area contributed by atoms with Crippen molar-refractivity contribution in [3.8, 4) is 21.7 Å². The minimum absolute atomic E-state index is 0.594. The van der Waals surface area contributed by atoms with Gasteiger partial charge in [-0.1, -0.05) is 69.7 Å². The SMILES string of the molecule is Nc1nc(-c2ccc(Br)cc2)c(-c2ccccc2)s1. The zero-order valence-electron chi connectivity index (χ0n) is 10.0. The molecule has 3 aromatic rings. The van der Waals surface area contributed by atoms with E-state index in [0.29, 0.717) is 5.13 Å². The van der Waals surface area contributed by atoms with Crippen LogP contribution in [-0.4, -0.2) is 4.98 Å². The van der Waals surface area contributed by atoms with E-state index in [1.54, 1.807) is 0 Å². The zero-order valence-corrected chi connectivity index (χ0v) is 12.4. The van der Waals surface area contributed by atoms with Gasteiger partial charge in [0.15, 0.2) is 5.13 Å². The molecule has 0 aliphatic heterocycles. The molecular formula is C15H11BrN2S. The lowest BCUT2D eigenvalue weighted by Gasteiger charge is -2.02. The summed E-state index contributed by atoms with van der Waals surface area (Å²) in [4.78, 5) is 5.58. The van der Waals surface area contributed by atoms with Gasteiger partial charge in [0.1, 0.15) is 0 Å². The maximum absolute atomic E-state index is 5.88. The van der Waals surface area contributed by atoms with Gasteiger partial charge >= 0.3 is 0 Å². The van der Waals surface area contributed by atoms with Gasteiger partial charge in [0.05, 0.1) is 10.6 Å². The van der Waals surface area contributed by atoms with Crippen molar-refractivity contribution in [2.24, 2.45) is 0 Å². The van der Waals surface area contributed by atoms with Crippen LogP contribution in [-0.2, 0) is 0 Å². The Balaban J connectivity index is 2.15. The van der Waals surface area contributed by atoms with Crippen LogP contribution >= 0.6 is 27.3 Å². The highest BCUT2D eigenvalue weighted by atomic mass is 79.9. The summed E-state index contributed by atoms with van der Waals surface area (Å²) >= 11 is 4.97. The number of aromatic nitrogens is 1. The van der Waals surface area contributed by atoms with Crippen molar-refractivity contribution in [3.05, 3.63) is 59.1 Å². The van der Waals surface area contributed by atoms with Crippen LogP contribution in [0.15, 0.2) is 59.1 Å². The standard InChI is InChI=1S/C15H11BrN2S/c16-12-8-6-10(7-9-12)13-14(19-15(17)18-13)11-4-2-1-3-5-11/h1-9H,(H2,17,18). The van der Waals surface area contributed by atoms with Gasteiger partial charge in [0.2, 0.25) is 0 Å². The van der Waals surface area contributed by atoms with Gasteiger partial charge in [0.25, 0.3) is 0 Å². The highest BCUT2D eigenvalue weighted by molar-refractivity contribution is 9.10. The molecule has 1 heterocycles. The smallest absolute Gasteiger partial charge is 0.181 e. The molecule has 0 radical (unpaired) electrons. The number of benzene rings is 2. The van der Waals surface area contributed by atoms with Crippen LogP contribution in [0.5, 0.6) is 0 Å². The van der Waals surface area contributed by atoms with Crippen molar-refractivity contribution in [3.63, 3.8) is 0 Å². The molecule has 0 amide bonds. The van der Waals surface area contributed by atoms with Crippen LogP contribution in [0.4, 0.5) is 5.13 Å². The first kappa shape index (κ1) is 12.4. The Labute approximate surface area is 124 Å². The van der Waals surface area contributed by atoms with E-state index in [4.69, 9.17) is 5.73 Å². The van der Waals surface area contributed by atoms with Crippen LogP contribution in [0.2, 0.25) is 0 Å². The highest BCUT2D eigenvalue weighted by Gasteiger charge is 2.13. The van der Waals surface area contributed by atoms with Crippen LogP contribution < -0.4 is 5.73 Å². The van der Waals surface area contributed by atoms with Crippen molar-refractivity contribution >= 4 is 32.4 Å². The van der Waals surface area contributed by atoms with Gasteiger partial charge in [-0.2, -0.15) is 0 Å². The van der Waals surface area contributed by atoms with Gasteiger partial charge in [-0.05, 0) is 17.7 Å². The quantitative estimate of drug-likeness (QED) is 0.731. The van der Waals surface area contributed by atoms with E-state index in [9.17, 15) is 0 Å². The topological polar surface area (TPSA) is 38.9 Å². The largest absolute Gasteiger partial charge is 0.375 e. The maximum Gasteiger partial charge on any atom is 0.181 e. The number of nitrogens with two attached hydrogens (primary N) is 1. The number of hydrogen-bond acceptors (Lipinski definition) is 3. The van der Waals surface area contributed by atoms with Crippen LogP contribution in [0, 0.1) is 0 Å². The van der Waals surface area contributed by atoms with E-state index in [2.05, 4.69) is 33.0 Å². The molecule has 19 heavy (non-hydrogen) atoms. The molecule has 0 fully saturated rings. The summed E-state index contributed by atoms with van der Waals surface area (Å²) < 4.78 is 1.06. The molecule has 94 valence electrons. The van der Waals surface area contributed by atoms with E-state index < -0.39 is 0 Å². The summed E-state index contributed by atoms with van der Waals surface area (Å²) in [7, 11) is 0. The number of rotatable bonds is 2. The van der Waals surface area contributed by atoms with Crippen LogP contribution in [0.1, 0.15) is 0 Å².